The van der Waals surface area contributed by atoms with Crippen molar-refractivity contribution in [2.45, 2.75) is 0 Å². The molecule has 0 saturated heterocycles. The van der Waals surface area contributed by atoms with Crippen LogP contribution in [0.5, 0.6) is 0 Å². The minimum atomic E-state index is -0.929. The summed E-state index contributed by atoms with van der Waals surface area (Å²) in [5.74, 6) is -0.828. The van der Waals surface area contributed by atoms with Gasteiger partial charge in [-0.15, -0.1) is 0 Å². The molecule has 9 heteroatoms. The summed E-state index contributed by atoms with van der Waals surface area (Å²) in [5.41, 5.74) is 4.53. The Morgan fingerprint density at radius 1 is 1.38 bits per heavy atom. The van der Waals surface area contributed by atoms with Gasteiger partial charge in [-0.3, -0.25) is 15.5 Å². The highest BCUT2D eigenvalue weighted by molar-refractivity contribution is 5.90. The molecule has 0 aliphatic carbocycles. The molecule has 1 aromatic rings. The lowest BCUT2D eigenvalue weighted by molar-refractivity contribution is -0.479. The van der Waals surface area contributed by atoms with Crippen LogP contribution in [-0.4, -0.2) is 15.9 Å². The minimum Gasteiger partial charge on any atom is -0.365 e. The van der Waals surface area contributed by atoms with Gasteiger partial charge in [0.25, 0.3) is 11.6 Å². The highest BCUT2D eigenvalue weighted by Gasteiger charge is 2.22. The van der Waals surface area contributed by atoms with Crippen molar-refractivity contribution in [2.24, 2.45) is 5.73 Å². The minimum absolute atomic E-state index is 0.147. The Bertz CT molecular complexity index is 446. The van der Waals surface area contributed by atoms with E-state index in [1.54, 1.807) is 0 Å². The van der Waals surface area contributed by atoms with Gasteiger partial charge >= 0.3 is 0 Å². The van der Waals surface area contributed by atoms with E-state index in [2.05, 4.69) is 0 Å². The first kappa shape index (κ1) is 11.4. The molecule has 0 heterocycles. The van der Waals surface area contributed by atoms with Gasteiger partial charge in [-0.05, 0) is 11.1 Å². The number of hydrogen-bond donors (Lipinski definition) is 2. The second-order valence-corrected chi connectivity index (χ2v) is 2.71. The first-order valence-electron chi connectivity index (χ1n) is 3.96. The van der Waals surface area contributed by atoms with Gasteiger partial charge < -0.3 is 5.73 Å². The predicted molar refractivity (Wildman–Crippen MR) is 54.5 cm³/mol. The molecule has 3 N–H and O–H groups in total. The second-order valence-electron chi connectivity index (χ2n) is 2.71. The summed E-state index contributed by atoms with van der Waals surface area (Å²) in [6.45, 7) is 0. The third-order valence-corrected chi connectivity index (χ3v) is 1.68. The maximum atomic E-state index is 10.6. The second kappa shape index (κ2) is 4.21. The Hall–Kier alpha value is -2.71. The number of hydrogen-bond acceptors (Lipinski definition) is 5. The fourth-order valence-corrected chi connectivity index (χ4v) is 1.06. The van der Waals surface area contributed by atoms with E-state index in [0.717, 1.165) is 6.07 Å². The van der Waals surface area contributed by atoms with Crippen molar-refractivity contribution in [3.05, 3.63) is 44.5 Å². The topological polar surface area (TPSA) is 139 Å². The van der Waals surface area contributed by atoms with Crippen molar-refractivity contribution >= 4 is 17.3 Å². The molecule has 0 saturated carbocycles. The molecule has 0 fully saturated rings. The highest BCUT2D eigenvalue weighted by atomic mass is 16.7. The Labute approximate surface area is 88.9 Å². The lowest BCUT2D eigenvalue weighted by atomic mass is 10.3. The number of non-ortho nitro benzene ring substituents is 1. The first-order chi connectivity index (χ1) is 7.43. The van der Waals surface area contributed by atoms with E-state index in [0.29, 0.717) is 0 Å². The number of anilines is 1. The van der Waals surface area contributed by atoms with Crippen LogP contribution in [0.4, 0.5) is 11.4 Å². The molecule has 9 nitrogen and oxygen atoms in total. The monoisotopic (exact) mass is 225 g/mol. The molecule has 0 aromatic heterocycles. The Morgan fingerprint density at radius 2 is 2.00 bits per heavy atom. The number of rotatable bonds is 3. The summed E-state index contributed by atoms with van der Waals surface area (Å²) in [6.07, 6.45) is 0. The molecule has 0 atom stereocenters. The predicted octanol–water partition coefficient (Wildman–Crippen LogP) is 0.486. The number of benzene rings is 1. The van der Waals surface area contributed by atoms with E-state index in [-0.39, 0.29) is 16.4 Å². The molecular formula is C7H7N5O4. The third-order valence-electron chi connectivity index (χ3n) is 1.68. The molecule has 0 aliphatic heterocycles. The summed E-state index contributed by atoms with van der Waals surface area (Å²) in [6, 6.07) is 4.66. The zero-order chi connectivity index (χ0) is 12.3. The van der Waals surface area contributed by atoms with Crippen LogP contribution in [0.2, 0.25) is 0 Å². The summed E-state index contributed by atoms with van der Waals surface area (Å²) in [4.78, 5) is 20.3. The maximum absolute atomic E-state index is 10.6. The summed E-state index contributed by atoms with van der Waals surface area (Å²) in [5, 5.41) is 27.3. The van der Waals surface area contributed by atoms with E-state index in [9.17, 15) is 20.2 Å². The maximum Gasteiger partial charge on any atom is 0.271 e. The molecule has 0 unspecified atom stereocenters. The van der Waals surface area contributed by atoms with Crippen LogP contribution in [0.3, 0.4) is 0 Å². The summed E-state index contributed by atoms with van der Waals surface area (Å²) < 4.78 is 0. The SMILES string of the molecule is N=C(N)N(c1cccc([N+](=O)[O-])c1)[N+](=O)[O-]. The summed E-state index contributed by atoms with van der Waals surface area (Å²) >= 11 is 0. The number of guanidine groups is 1. The van der Waals surface area contributed by atoms with Crippen molar-refractivity contribution in [2.75, 3.05) is 5.01 Å². The highest BCUT2D eigenvalue weighted by Crippen LogP contribution is 2.20. The van der Waals surface area contributed by atoms with Crippen LogP contribution in [0.15, 0.2) is 24.3 Å². The van der Waals surface area contributed by atoms with E-state index in [4.69, 9.17) is 11.1 Å². The van der Waals surface area contributed by atoms with Gasteiger partial charge in [0, 0.05) is 12.1 Å². The van der Waals surface area contributed by atoms with Crippen molar-refractivity contribution in [1.29, 1.82) is 5.41 Å². The fraction of sp³-hybridized carbons (Fsp3) is 0. The molecule has 0 aliphatic rings. The normalized spacial score (nSPS) is 9.50. The van der Waals surface area contributed by atoms with Crippen molar-refractivity contribution in [1.82, 2.24) is 0 Å². The largest absolute Gasteiger partial charge is 0.365 e. The number of hydrazine groups is 1. The molecular weight excluding hydrogens is 218 g/mol. The Kier molecular flexibility index (Phi) is 2.99. The van der Waals surface area contributed by atoms with E-state index in [1.807, 2.05) is 0 Å². The van der Waals surface area contributed by atoms with E-state index >= 15 is 0 Å². The molecule has 84 valence electrons. The van der Waals surface area contributed by atoms with Crippen LogP contribution in [0, 0.1) is 25.6 Å². The van der Waals surface area contributed by atoms with Gasteiger partial charge in [-0.25, -0.2) is 10.1 Å². The first-order valence-corrected chi connectivity index (χ1v) is 3.96. The number of nitro benzene ring substituents is 1. The van der Waals surface area contributed by atoms with Crippen molar-refractivity contribution < 1.29 is 9.96 Å². The summed E-state index contributed by atoms with van der Waals surface area (Å²) in [7, 11) is 0. The fourth-order valence-electron chi connectivity index (χ4n) is 1.06. The molecule has 1 rings (SSSR count). The number of nitrogens with zero attached hydrogens (tertiary/aromatic N) is 3. The van der Waals surface area contributed by atoms with E-state index in [1.165, 1.54) is 18.2 Å². The van der Waals surface area contributed by atoms with Gasteiger partial charge in [0.1, 0.15) is 5.69 Å². The lowest BCUT2D eigenvalue weighted by Crippen LogP contribution is -2.40. The lowest BCUT2D eigenvalue weighted by Gasteiger charge is -2.10. The molecule has 1 aromatic carbocycles. The Morgan fingerprint density at radius 3 is 2.44 bits per heavy atom. The van der Waals surface area contributed by atoms with E-state index < -0.39 is 15.9 Å². The average molecular weight is 225 g/mol. The zero-order valence-corrected chi connectivity index (χ0v) is 7.86. The zero-order valence-electron chi connectivity index (χ0n) is 7.86. The molecule has 0 radical (unpaired) electrons. The number of nitro groups is 2. The van der Waals surface area contributed by atoms with Crippen LogP contribution >= 0.6 is 0 Å². The van der Waals surface area contributed by atoms with Crippen LogP contribution in [-0.2, 0) is 0 Å². The van der Waals surface area contributed by atoms with Crippen molar-refractivity contribution in [3.63, 3.8) is 0 Å². The van der Waals surface area contributed by atoms with Crippen LogP contribution < -0.4 is 10.7 Å². The van der Waals surface area contributed by atoms with Crippen molar-refractivity contribution in [3.8, 4) is 0 Å². The van der Waals surface area contributed by atoms with Gasteiger partial charge in [-0.2, -0.15) is 0 Å². The van der Waals surface area contributed by atoms with Crippen LogP contribution in [0.1, 0.15) is 0 Å². The number of nitrogens with two attached hydrogens (primary N) is 1. The third kappa shape index (κ3) is 2.20. The molecule has 0 spiro atoms. The molecule has 0 bridgehead atoms. The van der Waals surface area contributed by atoms with Crippen LogP contribution in [0.25, 0.3) is 0 Å². The number of nitrogens with one attached hydrogen (secondary N) is 1. The molecule has 16 heavy (non-hydrogen) atoms. The quantitative estimate of drug-likeness (QED) is 0.332. The Balaban J connectivity index is 3.20. The van der Waals surface area contributed by atoms with Gasteiger partial charge in [0.2, 0.25) is 0 Å². The van der Waals surface area contributed by atoms with Gasteiger partial charge in [0.15, 0.2) is 5.03 Å². The average Bonchev–Trinajstić information content (AvgIpc) is 2.16. The van der Waals surface area contributed by atoms with Gasteiger partial charge in [-0.1, -0.05) is 6.07 Å². The standard InChI is InChI=1S/C7H7N5O4/c8-7(9)10(12(15)16)5-2-1-3-6(4-5)11(13)14/h1-4H,(H3,8,9). The molecule has 0 amide bonds. The van der Waals surface area contributed by atoms with Gasteiger partial charge in [0.05, 0.1) is 4.92 Å². The smallest absolute Gasteiger partial charge is 0.271 e.